The van der Waals surface area contributed by atoms with Gasteiger partial charge in [-0.05, 0) is 35.4 Å². The number of rotatable bonds is 10. The molecule has 0 aliphatic carbocycles. The van der Waals surface area contributed by atoms with Crippen LogP contribution in [0.4, 0.5) is 4.79 Å². The Labute approximate surface area is 190 Å². The molecule has 0 radical (unpaired) electrons. The van der Waals surface area contributed by atoms with Gasteiger partial charge in [0.1, 0.15) is 12.1 Å². The lowest BCUT2D eigenvalue weighted by atomic mass is 9.85. The van der Waals surface area contributed by atoms with Crippen LogP contribution < -0.4 is 10.6 Å². The number of hydrogen-bond donors (Lipinski definition) is 2. The van der Waals surface area contributed by atoms with Gasteiger partial charge in [0.15, 0.2) is 0 Å². The van der Waals surface area contributed by atoms with Crippen molar-refractivity contribution in [1.82, 2.24) is 15.5 Å². The number of benzene rings is 2. The molecule has 1 heterocycles. The van der Waals surface area contributed by atoms with Crippen LogP contribution in [0.3, 0.4) is 0 Å². The molecule has 1 fully saturated rings. The Bertz CT molecular complexity index is 941. The monoisotopic (exact) mass is 435 g/mol. The molecule has 6 nitrogen and oxygen atoms in total. The molecule has 32 heavy (non-hydrogen) atoms. The molecule has 1 saturated heterocycles. The normalized spacial score (nSPS) is 18.2. The second-order valence-electron chi connectivity index (χ2n) is 8.69. The number of nitrogens with zero attached hydrogens (tertiary/aromatic N) is 1. The molecule has 1 atom stereocenters. The molecule has 1 aliphatic heterocycles. The Kier molecular flexibility index (Phi) is 7.67. The maximum atomic E-state index is 13.3. The SMILES string of the molecule is CCCCC1(c2ccccc2)NC(=O)N(CC(=O)NCCc2ccc(C(C)C)cc2)C1=O. The van der Waals surface area contributed by atoms with E-state index in [1.54, 1.807) is 0 Å². The molecule has 2 aromatic rings. The van der Waals surface area contributed by atoms with Crippen LogP contribution in [0.15, 0.2) is 54.6 Å². The second kappa shape index (κ2) is 10.4. The Morgan fingerprint density at radius 3 is 2.38 bits per heavy atom. The van der Waals surface area contributed by atoms with E-state index in [0.29, 0.717) is 25.3 Å². The Balaban J connectivity index is 1.60. The Morgan fingerprint density at radius 1 is 1.06 bits per heavy atom. The van der Waals surface area contributed by atoms with Crippen molar-refractivity contribution >= 4 is 17.8 Å². The smallest absolute Gasteiger partial charge is 0.325 e. The molecule has 1 unspecified atom stereocenters. The minimum absolute atomic E-state index is 0.280. The number of carbonyl (C=O) groups is 3. The summed E-state index contributed by atoms with van der Waals surface area (Å²) in [5.41, 5.74) is 2.06. The topological polar surface area (TPSA) is 78.5 Å². The lowest BCUT2D eigenvalue weighted by Gasteiger charge is -2.27. The first-order valence-electron chi connectivity index (χ1n) is 11.4. The van der Waals surface area contributed by atoms with Gasteiger partial charge in [-0.15, -0.1) is 0 Å². The maximum absolute atomic E-state index is 13.3. The van der Waals surface area contributed by atoms with E-state index < -0.39 is 11.6 Å². The predicted molar refractivity (Wildman–Crippen MR) is 125 cm³/mol. The van der Waals surface area contributed by atoms with Crippen LogP contribution in [0.2, 0.25) is 0 Å². The van der Waals surface area contributed by atoms with Crippen molar-refractivity contribution < 1.29 is 14.4 Å². The fourth-order valence-corrected chi connectivity index (χ4v) is 4.06. The van der Waals surface area contributed by atoms with E-state index in [1.807, 2.05) is 37.3 Å². The maximum Gasteiger partial charge on any atom is 0.325 e. The molecule has 1 aliphatic rings. The fourth-order valence-electron chi connectivity index (χ4n) is 4.06. The summed E-state index contributed by atoms with van der Waals surface area (Å²) in [6.07, 6.45) is 2.88. The number of carbonyl (C=O) groups excluding carboxylic acids is 3. The van der Waals surface area contributed by atoms with Crippen LogP contribution in [0, 0.1) is 0 Å². The molecular formula is C26H33N3O3. The summed E-state index contributed by atoms with van der Waals surface area (Å²) in [7, 11) is 0. The third-order valence-electron chi connectivity index (χ3n) is 6.03. The average Bonchev–Trinajstić information content (AvgIpc) is 3.03. The van der Waals surface area contributed by atoms with Gasteiger partial charge in [-0.2, -0.15) is 0 Å². The summed E-state index contributed by atoms with van der Waals surface area (Å²) in [6.45, 7) is 6.52. The quantitative estimate of drug-likeness (QED) is 0.552. The van der Waals surface area contributed by atoms with Gasteiger partial charge in [-0.3, -0.25) is 14.5 Å². The van der Waals surface area contributed by atoms with E-state index in [9.17, 15) is 14.4 Å². The summed E-state index contributed by atoms with van der Waals surface area (Å²) in [4.78, 5) is 39.5. The van der Waals surface area contributed by atoms with E-state index in [1.165, 1.54) is 5.56 Å². The van der Waals surface area contributed by atoms with E-state index in [-0.39, 0.29) is 18.4 Å². The molecule has 0 bridgehead atoms. The number of unbranched alkanes of at least 4 members (excludes halogenated alkanes) is 1. The first-order chi connectivity index (χ1) is 15.4. The third kappa shape index (κ3) is 5.18. The average molecular weight is 436 g/mol. The molecular weight excluding hydrogens is 402 g/mol. The second-order valence-corrected chi connectivity index (χ2v) is 8.69. The van der Waals surface area contributed by atoms with E-state index in [4.69, 9.17) is 0 Å². The summed E-state index contributed by atoms with van der Waals surface area (Å²) < 4.78 is 0. The van der Waals surface area contributed by atoms with Gasteiger partial charge in [0.2, 0.25) is 5.91 Å². The zero-order valence-electron chi connectivity index (χ0n) is 19.2. The Morgan fingerprint density at radius 2 is 1.75 bits per heavy atom. The number of imide groups is 1. The first kappa shape index (κ1) is 23.5. The van der Waals surface area contributed by atoms with Crippen LogP contribution >= 0.6 is 0 Å². The van der Waals surface area contributed by atoms with Crippen LogP contribution in [0.25, 0.3) is 0 Å². The van der Waals surface area contributed by atoms with Crippen molar-refractivity contribution in [2.24, 2.45) is 0 Å². The fraction of sp³-hybridized carbons (Fsp3) is 0.423. The highest BCUT2D eigenvalue weighted by molar-refractivity contribution is 6.09. The Hall–Kier alpha value is -3.15. The highest BCUT2D eigenvalue weighted by atomic mass is 16.2. The van der Waals surface area contributed by atoms with Crippen molar-refractivity contribution in [1.29, 1.82) is 0 Å². The molecule has 2 N–H and O–H groups in total. The molecule has 0 aromatic heterocycles. The molecule has 6 heteroatoms. The minimum atomic E-state index is -1.10. The number of amides is 4. The summed E-state index contributed by atoms with van der Waals surface area (Å²) >= 11 is 0. The number of nitrogens with one attached hydrogen (secondary N) is 2. The molecule has 4 amide bonds. The molecule has 170 valence electrons. The zero-order valence-corrected chi connectivity index (χ0v) is 19.2. The van der Waals surface area contributed by atoms with Gasteiger partial charge < -0.3 is 10.6 Å². The van der Waals surface area contributed by atoms with E-state index in [2.05, 4.69) is 48.7 Å². The van der Waals surface area contributed by atoms with Crippen molar-refractivity contribution in [3.8, 4) is 0 Å². The van der Waals surface area contributed by atoms with Crippen LogP contribution in [0.5, 0.6) is 0 Å². The van der Waals surface area contributed by atoms with Crippen molar-refractivity contribution in [3.05, 3.63) is 71.3 Å². The number of urea groups is 1. The highest BCUT2D eigenvalue weighted by Gasteiger charge is 2.52. The van der Waals surface area contributed by atoms with Gasteiger partial charge >= 0.3 is 6.03 Å². The molecule has 0 spiro atoms. The van der Waals surface area contributed by atoms with Crippen molar-refractivity contribution in [2.75, 3.05) is 13.1 Å². The molecule has 3 rings (SSSR count). The van der Waals surface area contributed by atoms with Crippen LogP contribution in [-0.4, -0.2) is 35.8 Å². The third-order valence-corrected chi connectivity index (χ3v) is 6.03. The van der Waals surface area contributed by atoms with Crippen molar-refractivity contribution in [2.45, 2.75) is 57.9 Å². The van der Waals surface area contributed by atoms with Crippen molar-refractivity contribution in [3.63, 3.8) is 0 Å². The van der Waals surface area contributed by atoms with Gasteiger partial charge in [0.05, 0.1) is 0 Å². The largest absolute Gasteiger partial charge is 0.354 e. The van der Waals surface area contributed by atoms with E-state index in [0.717, 1.165) is 28.9 Å². The zero-order chi connectivity index (χ0) is 23.1. The van der Waals surface area contributed by atoms with Gasteiger partial charge in [-0.25, -0.2) is 4.79 Å². The lowest BCUT2D eigenvalue weighted by Crippen LogP contribution is -2.45. The van der Waals surface area contributed by atoms with Crippen LogP contribution in [0.1, 0.15) is 62.6 Å². The van der Waals surface area contributed by atoms with E-state index >= 15 is 0 Å². The van der Waals surface area contributed by atoms with Gasteiger partial charge in [0.25, 0.3) is 5.91 Å². The predicted octanol–water partition coefficient (Wildman–Crippen LogP) is 4.11. The highest BCUT2D eigenvalue weighted by Crippen LogP contribution is 2.34. The summed E-state index contributed by atoms with van der Waals surface area (Å²) in [6, 6.07) is 17.1. The summed E-state index contributed by atoms with van der Waals surface area (Å²) in [5, 5.41) is 5.71. The minimum Gasteiger partial charge on any atom is -0.354 e. The van der Waals surface area contributed by atoms with Crippen LogP contribution in [-0.2, 0) is 21.5 Å². The lowest BCUT2D eigenvalue weighted by molar-refractivity contribution is -0.135. The number of hydrogen-bond acceptors (Lipinski definition) is 3. The summed E-state index contributed by atoms with van der Waals surface area (Å²) in [5.74, 6) is -0.221. The molecule has 0 saturated carbocycles. The first-order valence-corrected chi connectivity index (χ1v) is 11.4. The molecule has 2 aromatic carbocycles. The van der Waals surface area contributed by atoms with Gasteiger partial charge in [0, 0.05) is 6.54 Å². The standard InChI is InChI=1S/C26H33N3O3/c1-4-5-16-26(22-9-7-6-8-10-22)24(31)29(25(32)28-26)18-23(30)27-17-15-20-11-13-21(14-12-20)19(2)3/h6-14,19H,4-5,15-18H2,1-3H3,(H,27,30)(H,28,32). The van der Waals surface area contributed by atoms with Gasteiger partial charge in [-0.1, -0.05) is 88.2 Å².